The number of hydrogen-bond donors (Lipinski definition) is 3. The minimum Gasteiger partial charge on any atom is -0.504 e. The maximum atomic E-state index is 10.4. The summed E-state index contributed by atoms with van der Waals surface area (Å²) in [6, 6.07) is 3.20. The normalized spacial score (nSPS) is 10.5. The van der Waals surface area contributed by atoms with Gasteiger partial charge in [0.1, 0.15) is 5.52 Å². The Morgan fingerprint density at radius 3 is 3.00 bits per heavy atom. The molecule has 0 unspecified atom stereocenters. The van der Waals surface area contributed by atoms with Gasteiger partial charge in [-0.3, -0.25) is 4.79 Å². The average molecular weight is 177 g/mol. The summed E-state index contributed by atoms with van der Waals surface area (Å²) >= 11 is 0. The van der Waals surface area contributed by atoms with Crippen molar-refractivity contribution in [1.82, 2.24) is 9.97 Å². The second-order valence-corrected chi connectivity index (χ2v) is 2.64. The summed E-state index contributed by atoms with van der Waals surface area (Å²) in [6.45, 7) is 0. The molecule has 0 saturated heterocycles. The van der Waals surface area contributed by atoms with Crippen LogP contribution in [0.25, 0.3) is 11.0 Å². The topological polar surface area (TPSA) is 92.0 Å². The predicted octanol–water partition coefficient (Wildman–Crippen LogP) is 0.663. The first-order valence-electron chi connectivity index (χ1n) is 3.64. The van der Waals surface area contributed by atoms with Gasteiger partial charge in [-0.15, -0.1) is 0 Å². The maximum absolute atomic E-state index is 10.4. The molecule has 13 heavy (non-hydrogen) atoms. The number of nitrogens with one attached hydrogen (secondary N) is 1. The molecule has 0 spiro atoms. The number of carbonyl (C=O) groups excluding carboxylic acids is 1. The van der Waals surface area contributed by atoms with E-state index in [0.717, 1.165) is 0 Å². The Labute approximate surface area is 73.2 Å². The van der Waals surface area contributed by atoms with Crippen molar-refractivity contribution in [3.8, 4) is 5.75 Å². The summed E-state index contributed by atoms with van der Waals surface area (Å²) in [5.41, 5.74) is 6.60. The zero-order valence-electron chi connectivity index (χ0n) is 6.61. The van der Waals surface area contributed by atoms with E-state index in [-0.39, 0.29) is 17.3 Å². The molecular formula is C8H7N3O2. The van der Waals surface area contributed by atoms with Crippen LogP contribution in [-0.4, -0.2) is 21.4 Å². The van der Waals surface area contributed by atoms with Crippen molar-refractivity contribution >= 4 is 23.0 Å². The van der Waals surface area contributed by atoms with Crippen molar-refractivity contribution in [1.29, 1.82) is 0 Å². The standard InChI is InChI=1S/C8H7N3O2/c9-4-1-2-5-7(8(4)13)11-6(3-12)10-5/h1-3,13H,9H2,(H,10,11). The predicted molar refractivity (Wildman–Crippen MR) is 47.6 cm³/mol. The molecule has 0 aliphatic heterocycles. The van der Waals surface area contributed by atoms with E-state index >= 15 is 0 Å². The van der Waals surface area contributed by atoms with Crippen molar-refractivity contribution in [2.45, 2.75) is 0 Å². The molecular weight excluding hydrogens is 170 g/mol. The van der Waals surface area contributed by atoms with Crippen LogP contribution in [0.4, 0.5) is 5.69 Å². The molecule has 66 valence electrons. The molecule has 4 N–H and O–H groups in total. The van der Waals surface area contributed by atoms with Crippen LogP contribution in [-0.2, 0) is 0 Å². The number of anilines is 1. The molecule has 0 atom stereocenters. The highest BCUT2D eigenvalue weighted by molar-refractivity contribution is 5.89. The van der Waals surface area contributed by atoms with Crippen LogP contribution < -0.4 is 5.73 Å². The number of aromatic amines is 1. The zero-order valence-corrected chi connectivity index (χ0v) is 6.61. The second kappa shape index (κ2) is 2.48. The van der Waals surface area contributed by atoms with Crippen LogP contribution in [0.1, 0.15) is 10.6 Å². The molecule has 0 aliphatic rings. The third-order valence-corrected chi connectivity index (χ3v) is 1.79. The number of imidazole rings is 1. The number of hydrogen-bond acceptors (Lipinski definition) is 4. The van der Waals surface area contributed by atoms with Gasteiger partial charge in [0.15, 0.2) is 17.9 Å². The summed E-state index contributed by atoms with van der Waals surface area (Å²) in [7, 11) is 0. The molecule has 5 nitrogen and oxygen atoms in total. The lowest BCUT2D eigenvalue weighted by atomic mass is 10.2. The smallest absolute Gasteiger partial charge is 0.185 e. The van der Waals surface area contributed by atoms with Gasteiger partial charge in [-0.25, -0.2) is 4.98 Å². The van der Waals surface area contributed by atoms with Gasteiger partial charge >= 0.3 is 0 Å². The quantitative estimate of drug-likeness (QED) is 0.339. The summed E-state index contributed by atoms with van der Waals surface area (Å²) in [4.78, 5) is 16.9. The summed E-state index contributed by atoms with van der Waals surface area (Å²) in [5.74, 6) is 0.0813. The highest BCUT2D eigenvalue weighted by atomic mass is 16.3. The molecule has 2 rings (SSSR count). The van der Waals surface area contributed by atoms with Gasteiger partial charge in [0.25, 0.3) is 0 Å². The van der Waals surface area contributed by atoms with Crippen LogP contribution in [0, 0.1) is 0 Å². The Kier molecular flexibility index (Phi) is 1.45. The number of phenols is 1. The number of phenolic OH excluding ortho intramolecular Hbond substituents is 1. The van der Waals surface area contributed by atoms with Gasteiger partial charge in [0, 0.05) is 0 Å². The number of aromatic nitrogens is 2. The number of nitrogens with two attached hydrogens (primary N) is 1. The van der Waals surface area contributed by atoms with Crippen molar-refractivity contribution in [2.24, 2.45) is 0 Å². The number of rotatable bonds is 1. The second-order valence-electron chi connectivity index (χ2n) is 2.64. The van der Waals surface area contributed by atoms with Crippen molar-refractivity contribution in [3.63, 3.8) is 0 Å². The summed E-state index contributed by atoms with van der Waals surface area (Å²) in [5, 5.41) is 9.44. The van der Waals surface area contributed by atoms with Crippen molar-refractivity contribution in [2.75, 3.05) is 5.73 Å². The highest BCUT2D eigenvalue weighted by Crippen LogP contribution is 2.28. The third kappa shape index (κ3) is 1.01. The van der Waals surface area contributed by atoms with E-state index in [4.69, 9.17) is 5.73 Å². The van der Waals surface area contributed by atoms with E-state index in [2.05, 4.69) is 9.97 Å². The molecule has 5 heteroatoms. The molecule has 0 aliphatic carbocycles. The number of aldehydes is 1. The van der Waals surface area contributed by atoms with Gasteiger partial charge in [-0.05, 0) is 12.1 Å². The minimum atomic E-state index is -0.0955. The lowest BCUT2D eigenvalue weighted by Gasteiger charge is -1.96. The number of nitrogen functional groups attached to an aromatic ring is 1. The molecule has 1 heterocycles. The lowest BCUT2D eigenvalue weighted by molar-refractivity contribution is 0.111. The number of H-pyrrole nitrogens is 1. The molecule has 0 radical (unpaired) electrons. The summed E-state index contributed by atoms with van der Waals surface area (Å²) < 4.78 is 0. The van der Waals surface area contributed by atoms with E-state index < -0.39 is 0 Å². The van der Waals surface area contributed by atoms with Crippen LogP contribution in [0.2, 0.25) is 0 Å². The van der Waals surface area contributed by atoms with E-state index in [9.17, 15) is 9.90 Å². The Morgan fingerprint density at radius 2 is 2.31 bits per heavy atom. The zero-order chi connectivity index (χ0) is 9.42. The SMILES string of the molecule is Nc1ccc2[nH]c(C=O)nc2c1O. The highest BCUT2D eigenvalue weighted by Gasteiger charge is 2.08. The van der Waals surface area contributed by atoms with Gasteiger partial charge in [-0.2, -0.15) is 0 Å². The van der Waals surface area contributed by atoms with Crippen molar-refractivity contribution < 1.29 is 9.90 Å². The van der Waals surface area contributed by atoms with Crippen molar-refractivity contribution in [3.05, 3.63) is 18.0 Å². The number of nitrogens with zero attached hydrogens (tertiary/aromatic N) is 1. The fourth-order valence-corrected chi connectivity index (χ4v) is 1.15. The fraction of sp³-hybridized carbons (Fsp3) is 0. The molecule has 0 bridgehead atoms. The van der Waals surface area contributed by atoms with Gasteiger partial charge in [-0.1, -0.05) is 0 Å². The number of fused-ring (bicyclic) bond motifs is 1. The monoisotopic (exact) mass is 177 g/mol. The first-order valence-corrected chi connectivity index (χ1v) is 3.64. The first-order chi connectivity index (χ1) is 6.22. The van der Waals surface area contributed by atoms with Gasteiger partial charge in [0.2, 0.25) is 0 Å². The molecule has 1 aromatic carbocycles. The number of aromatic hydroxyl groups is 1. The summed E-state index contributed by atoms with van der Waals surface area (Å²) in [6.07, 6.45) is 0.579. The van der Waals surface area contributed by atoms with Crippen LogP contribution >= 0.6 is 0 Å². The maximum Gasteiger partial charge on any atom is 0.185 e. The van der Waals surface area contributed by atoms with Gasteiger partial charge < -0.3 is 15.8 Å². The van der Waals surface area contributed by atoms with E-state index in [0.29, 0.717) is 17.3 Å². The van der Waals surface area contributed by atoms with Crippen LogP contribution in [0.15, 0.2) is 12.1 Å². The number of benzene rings is 1. The molecule has 0 saturated carbocycles. The first kappa shape index (κ1) is 7.60. The Balaban J connectivity index is 2.83. The van der Waals surface area contributed by atoms with E-state index in [1.54, 1.807) is 12.1 Å². The third-order valence-electron chi connectivity index (χ3n) is 1.79. The van der Waals surface area contributed by atoms with Crippen LogP contribution in [0.5, 0.6) is 5.75 Å². The molecule has 1 aromatic heterocycles. The Hall–Kier alpha value is -2.04. The van der Waals surface area contributed by atoms with Gasteiger partial charge in [0.05, 0.1) is 11.2 Å². The Bertz CT molecular complexity index is 475. The minimum absolute atomic E-state index is 0.0955. The lowest BCUT2D eigenvalue weighted by Crippen LogP contribution is -1.85. The fourth-order valence-electron chi connectivity index (χ4n) is 1.15. The van der Waals surface area contributed by atoms with Crippen LogP contribution in [0.3, 0.4) is 0 Å². The number of carbonyl (C=O) groups is 1. The molecule has 0 fully saturated rings. The molecule has 2 aromatic rings. The molecule has 0 amide bonds. The Morgan fingerprint density at radius 1 is 1.54 bits per heavy atom. The van der Waals surface area contributed by atoms with E-state index in [1.807, 2.05) is 0 Å². The average Bonchev–Trinajstić information content (AvgIpc) is 2.55. The largest absolute Gasteiger partial charge is 0.504 e. The van der Waals surface area contributed by atoms with E-state index in [1.165, 1.54) is 0 Å².